The Labute approximate surface area is 115 Å². The van der Waals surface area contributed by atoms with Gasteiger partial charge in [0.15, 0.2) is 0 Å². The van der Waals surface area contributed by atoms with Crippen molar-refractivity contribution in [3.63, 3.8) is 0 Å². The lowest BCUT2D eigenvalue weighted by atomic mass is 10.1. The van der Waals surface area contributed by atoms with E-state index in [1.807, 2.05) is 0 Å². The van der Waals surface area contributed by atoms with Gasteiger partial charge in [0.1, 0.15) is 5.82 Å². The summed E-state index contributed by atoms with van der Waals surface area (Å²) in [5.74, 6) is 1.18. The Hall–Kier alpha value is -1.57. The number of rotatable bonds is 3. The van der Waals surface area contributed by atoms with Crippen LogP contribution < -0.4 is 4.90 Å². The summed E-state index contributed by atoms with van der Waals surface area (Å²) in [5.41, 5.74) is 1.26. The van der Waals surface area contributed by atoms with Crippen LogP contribution in [0.3, 0.4) is 0 Å². The molecule has 0 amide bonds. The zero-order valence-corrected chi connectivity index (χ0v) is 11.7. The first-order chi connectivity index (χ1) is 9.38. The molecule has 0 unspecified atom stereocenters. The standard InChI is InChI=1S/C17H22N2/c1-2-8-16-15-10-5-4-9-14(15)13-17(18-16)19-11-6-3-7-12-19/h4-5,9-10,13H,2-3,6-8,11-12H2,1H3. The van der Waals surface area contributed by atoms with Crippen LogP contribution in [0.4, 0.5) is 5.82 Å². The van der Waals surface area contributed by atoms with Gasteiger partial charge in [0, 0.05) is 18.5 Å². The first kappa shape index (κ1) is 12.5. The van der Waals surface area contributed by atoms with Gasteiger partial charge in [-0.05, 0) is 37.1 Å². The molecule has 1 aromatic heterocycles. The molecule has 0 atom stereocenters. The van der Waals surface area contributed by atoms with Gasteiger partial charge in [0.25, 0.3) is 0 Å². The summed E-state index contributed by atoms with van der Waals surface area (Å²) in [4.78, 5) is 7.39. The monoisotopic (exact) mass is 254 g/mol. The topological polar surface area (TPSA) is 16.1 Å². The maximum atomic E-state index is 4.94. The third-order valence-electron chi connectivity index (χ3n) is 3.97. The fourth-order valence-corrected chi connectivity index (χ4v) is 2.97. The SMILES string of the molecule is CCCc1nc(N2CCCCC2)cc2ccccc12. The van der Waals surface area contributed by atoms with Crippen LogP contribution in [0.25, 0.3) is 10.8 Å². The van der Waals surface area contributed by atoms with Crippen molar-refractivity contribution in [3.8, 4) is 0 Å². The second-order valence-corrected chi connectivity index (χ2v) is 5.45. The van der Waals surface area contributed by atoms with E-state index in [1.54, 1.807) is 0 Å². The van der Waals surface area contributed by atoms with Crippen LogP contribution in [-0.4, -0.2) is 18.1 Å². The number of benzene rings is 1. The third kappa shape index (κ3) is 2.58. The van der Waals surface area contributed by atoms with E-state index in [0.29, 0.717) is 0 Å². The van der Waals surface area contributed by atoms with Gasteiger partial charge in [0.05, 0.1) is 5.69 Å². The Bertz CT molecular complexity index is 556. The quantitative estimate of drug-likeness (QED) is 0.817. The third-order valence-corrected chi connectivity index (χ3v) is 3.97. The highest BCUT2D eigenvalue weighted by Crippen LogP contribution is 2.25. The molecular formula is C17H22N2. The smallest absolute Gasteiger partial charge is 0.129 e. The molecule has 0 saturated carbocycles. The van der Waals surface area contributed by atoms with Crippen molar-refractivity contribution in [1.29, 1.82) is 0 Å². The molecule has 1 aromatic carbocycles. The van der Waals surface area contributed by atoms with Gasteiger partial charge < -0.3 is 4.90 Å². The van der Waals surface area contributed by atoms with E-state index < -0.39 is 0 Å². The Morgan fingerprint density at radius 1 is 1.11 bits per heavy atom. The normalized spacial score (nSPS) is 15.9. The molecule has 2 nitrogen and oxygen atoms in total. The minimum absolute atomic E-state index is 1.07. The number of hydrogen-bond donors (Lipinski definition) is 0. The molecule has 2 aromatic rings. The predicted molar refractivity (Wildman–Crippen MR) is 81.8 cm³/mol. The van der Waals surface area contributed by atoms with E-state index in [-0.39, 0.29) is 0 Å². The van der Waals surface area contributed by atoms with E-state index in [0.717, 1.165) is 25.9 Å². The van der Waals surface area contributed by atoms with Crippen molar-refractivity contribution in [2.75, 3.05) is 18.0 Å². The average Bonchev–Trinajstić information content (AvgIpc) is 2.48. The lowest BCUT2D eigenvalue weighted by molar-refractivity contribution is 0.573. The van der Waals surface area contributed by atoms with Gasteiger partial charge in [-0.3, -0.25) is 0 Å². The fraction of sp³-hybridized carbons (Fsp3) is 0.471. The summed E-state index contributed by atoms with van der Waals surface area (Å²) >= 11 is 0. The number of fused-ring (bicyclic) bond motifs is 1. The van der Waals surface area contributed by atoms with Crippen LogP contribution in [0.1, 0.15) is 38.3 Å². The molecule has 2 heteroatoms. The number of nitrogens with zero attached hydrogens (tertiary/aromatic N) is 2. The molecule has 100 valence electrons. The maximum absolute atomic E-state index is 4.94. The lowest BCUT2D eigenvalue weighted by Crippen LogP contribution is -2.30. The first-order valence-corrected chi connectivity index (χ1v) is 7.52. The lowest BCUT2D eigenvalue weighted by Gasteiger charge is -2.28. The summed E-state index contributed by atoms with van der Waals surface area (Å²) in [6.07, 6.45) is 6.20. The number of anilines is 1. The molecule has 1 fully saturated rings. The van der Waals surface area contributed by atoms with Crippen LogP contribution in [0.2, 0.25) is 0 Å². The van der Waals surface area contributed by atoms with Crippen molar-refractivity contribution < 1.29 is 0 Å². The van der Waals surface area contributed by atoms with E-state index in [2.05, 4.69) is 42.2 Å². The largest absolute Gasteiger partial charge is 0.357 e. The van der Waals surface area contributed by atoms with Crippen LogP contribution in [0.15, 0.2) is 30.3 Å². The van der Waals surface area contributed by atoms with Crippen molar-refractivity contribution in [2.24, 2.45) is 0 Å². The Balaban J connectivity index is 2.04. The van der Waals surface area contributed by atoms with Gasteiger partial charge in [-0.2, -0.15) is 0 Å². The molecule has 2 heterocycles. The highest BCUT2D eigenvalue weighted by Gasteiger charge is 2.14. The van der Waals surface area contributed by atoms with Crippen LogP contribution in [0, 0.1) is 0 Å². The second-order valence-electron chi connectivity index (χ2n) is 5.45. The van der Waals surface area contributed by atoms with Gasteiger partial charge in [-0.15, -0.1) is 0 Å². The van der Waals surface area contributed by atoms with Crippen LogP contribution in [0.5, 0.6) is 0 Å². The fourth-order valence-electron chi connectivity index (χ4n) is 2.97. The van der Waals surface area contributed by atoms with Gasteiger partial charge in [-0.25, -0.2) is 4.98 Å². The Kier molecular flexibility index (Phi) is 3.67. The number of pyridine rings is 1. The number of piperidine rings is 1. The van der Waals surface area contributed by atoms with E-state index in [9.17, 15) is 0 Å². The van der Waals surface area contributed by atoms with Crippen molar-refractivity contribution in [3.05, 3.63) is 36.0 Å². The highest BCUT2D eigenvalue weighted by molar-refractivity contribution is 5.86. The first-order valence-electron chi connectivity index (χ1n) is 7.52. The molecule has 0 radical (unpaired) electrons. The summed E-state index contributed by atoms with van der Waals surface area (Å²) in [6, 6.07) is 10.9. The number of aryl methyl sites for hydroxylation is 1. The molecule has 0 N–H and O–H groups in total. The summed E-state index contributed by atoms with van der Waals surface area (Å²) in [5, 5.41) is 2.66. The van der Waals surface area contributed by atoms with Crippen molar-refractivity contribution >= 4 is 16.6 Å². The minimum Gasteiger partial charge on any atom is -0.357 e. The molecule has 0 bridgehead atoms. The highest BCUT2D eigenvalue weighted by atomic mass is 15.2. The molecule has 0 spiro atoms. The summed E-state index contributed by atoms with van der Waals surface area (Å²) in [7, 11) is 0. The van der Waals surface area contributed by atoms with Gasteiger partial charge >= 0.3 is 0 Å². The zero-order chi connectivity index (χ0) is 13.1. The molecule has 1 saturated heterocycles. The van der Waals surface area contributed by atoms with Crippen LogP contribution in [-0.2, 0) is 6.42 Å². The van der Waals surface area contributed by atoms with Gasteiger partial charge in [-0.1, -0.05) is 37.6 Å². The molecule has 3 rings (SSSR count). The Morgan fingerprint density at radius 2 is 1.89 bits per heavy atom. The van der Waals surface area contributed by atoms with Crippen molar-refractivity contribution in [2.45, 2.75) is 39.0 Å². The van der Waals surface area contributed by atoms with E-state index in [1.165, 1.54) is 41.5 Å². The van der Waals surface area contributed by atoms with Crippen LogP contribution >= 0.6 is 0 Å². The molecule has 19 heavy (non-hydrogen) atoms. The molecular weight excluding hydrogens is 232 g/mol. The number of aromatic nitrogens is 1. The Morgan fingerprint density at radius 3 is 2.68 bits per heavy atom. The van der Waals surface area contributed by atoms with E-state index >= 15 is 0 Å². The van der Waals surface area contributed by atoms with Gasteiger partial charge in [0.2, 0.25) is 0 Å². The molecule has 0 aliphatic carbocycles. The predicted octanol–water partition coefficient (Wildman–Crippen LogP) is 4.18. The molecule has 1 aliphatic heterocycles. The number of hydrogen-bond acceptors (Lipinski definition) is 2. The van der Waals surface area contributed by atoms with E-state index in [4.69, 9.17) is 4.98 Å². The zero-order valence-electron chi connectivity index (χ0n) is 11.7. The summed E-state index contributed by atoms with van der Waals surface area (Å²) < 4.78 is 0. The van der Waals surface area contributed by atoms with Crippen molar-refractivity contribution in [1.82, 2.24) is 4.98 Å². The summed E-state index contributed by atoms with van der Waals surface area (Å²) in [6.45, 7) is 4.55. The minimum atomic E-state index is 1.07. The molecule has 1 aliphatic rings. The second kappa shape index (κ2) is 5.60. The average molecular weight is 254 g/mol. The maximum Gasteiger partial charge on any atom is 0.129 e.